The average molecular weight is 575 g/mol. The smallest absolute Gasteiger partial charge is 0.246 e. The minimum atomic E-state index is -0.860. The lowest BCUT2D eigenvalue weighted by atomic mass is 9.98. The van der Waals surface area contributed by atoms with Gasteiger partial charge in [-0.05, 0) is 62.1 Å². The number of aliphatic hydroxyl groups is 1. The summed E-state index contributed by atoms with van der Waals surface area (Å²) in [5.74, 6) is -1.28. The molecule has 3 aromatic rings. The third-order valence-electron chi connectivity index (χ3n) is 6.66. The summed E-state index contributed by atoms with van der Waals surface area (Å²) in [6, 6.07) is 21.7. The molecule has 0 saturated carbocycles. The number of benzene rings is 3. The van der Waals surface area contributed by atoms with Gasteiger partial charge in [-0.2, -0.15) is 0 Å². The maximum Gasteiger partial charge on any atom is 0.246 e. The summed E-state index contributed by atoms with van der Waals surface area (Å²) in [5.41, 5.74) is 13.1. The third-order valence-corrected chi connectivity index (χ3v) is 6.66. The van der Waals surface area contributed by atoms with Gasteiger partial charge in [0.2, 0.25) is 17.7 Å². The molecule has 0 aliphatic rings. The monoisotopic (exact) mass is 574 g/mol. The maximum absolute atomic E-state index is 13.9. The van der Waals surface area contributed by atoms with Crippen LogP contribution in [0.4, 0.5) is 0 Å². The van der Waals surface area contributed by atoms with E-state index in [1.165, 1.54) is 15.9 Å². The summed E-state index contributed by atoms with van der Waals surface area (Å²) in [4.78, 5) is 42.3. The molecule has 42 heavy (non-hydrogen) atoms. The summed E-state index contributed by atoms with van der Waals surface area (Å²) in [5, 5.41) is 10.2. The largest absolute Gasteiger partial charge is 0.394 e. The van der Waals surface area contributed by atoms with Crippen LogP contribution in [0.2, 0.25) is 0 Å². The third kappa shape index (κ3) is 11.1. The zero-order chi connectivity index (χ0) is 31.4. The molecular weight excluding hydrogens is 528 g/mol. The van der Waals surface area contributed by atoms with Crippen LogP contribution in [0.1, 0.15) is 45.2 Å². The van der Waals surface area contributed by atoms with Crippen molar-refractivity contribution in [1.29, 1.82) is 0 Å². The molecule has 226 valence electrons. The van der Waals surface area contributed by atoms with Crippen molar-refractivity contribution in [3.05, 3.63) is 96.1 Å². The molecular formula is C34H46N4O4. The van der Waals surface area contributed by atoms with E-state index in [1.54, 1.807) is 34.0 Å². The molecule has 5 N–H and O–H groups in total. The van der Waals surface area contributed by atoms with E-state index in [9.17, 15) is 14.4 Å². The van der Waals surface area contributed by atoms with E-state index < -0.39 is 23.5 Å². The van der Waals surface area contributed by atoms with Gasteiger partial charge >= 0.3 is 0 Å². The van der Waals surface area contributed by atoms with Crippen LogP contribution in [0, 0.1) is 0 Å². The van der Waals surface area contributed by atoms with Crippen molar-refractivity contribution in [2.75, 3.05) is 14.1 Å². The minimum Gasteiger partial charge on any atom is -0.394 e. The lowest BCUT2D eigenvalue weighted by Gasteiger charge is -2.33. The molecule has 0 aromatic heterocycles. The Morgan fingerprint density at radius 1 is 0.833 bits per heavy atom. The average Bonchev–Trinajstić information content (AvgIpc) is 2.92. The number of carbonyl (C=O) groups is 3. The Hall–Kier alpha value is -4.01. The Labute approximate surface area is 250 Å². The molecule has 3 amide bonds. The van der Waals surface area contributed by atoms with Crippen molar-refractivity contribution in [3.63, 3.8) is 0 Å². The second-order valence-electron chi connectivity index (χ2n) is 11.6. The van der Waals surface area contributed by atoms with E-state index in [4.69, 9.17) is 16.6 Å². The first-order valence-electron chi connectivity index (χ1n) is 14.2. The predicted molar refractivity (Wildman–Crippen MR) is 169 cm³/mol. The molecule has 0 aliphatic heterocycles. The first-order chi connectivity index (χ1) is 19.7. The van der Waals surface area contributed by atoms with Gasteiger partial charge in [0.1, 0.15) is 12.1 Å². The van der Waals surface area contributed by atoms with Gasteiger partial charge in [0, 0.05) is 38.6 Å². The van der Waals surface area contributed by atoms with E-state index in [0.717, 1.165) is 21.9 Å². The molecule has 8 heteroatoms. The van der Waals surface area contributed by atoms with Gasteiger partial charge in [-0.25, -0.2) is 0 Å². The summed E-state index contributed by atoms with van der Waals surface area (Å²) < 4.78 is 0. The highest BCUT2D eigenvalue weighted by atomic mass is 16.3. The van der Waals surface area contributed by atoms with Crippen LogP contribution < -0.4 is 11.5 Å². The summed E-state index contributed by atoms with van der Waals surface area (Å²) in [6.45, 7) is 7.20. The van der Waals surface area contributed by atoms with Crippen molar-refractivity contribution in [2.24, 2.45) is 11.5 Å². The van der Waals surface area contributed by atoms with Crippen LogP contribution in [0.5, 0.6) is 0 Å². The van der Waals surface area contributed by atoms with Gasteiger partial charge in [-0.3, -0.25) is 14.4 Å². The lowest BCUT2D eigenvalue weighted by molar-refractivity contribution is -0.145. The van der Waals surface area contributed by atoms with Gasteiger partial charge in [0.05, 0.1) is 0 Å². The van der Waals surface area contributed by atoms with Gasteiger partial charge in [-0.1, -0.05) is 78.9 Å². The molecule has 0 heterocycles. The van der Waals surface area contributed by atoms with E-state index in [0.29, 0.717) is 6.42 Å². The number of nitrogens with zero attached hydrogens (tertiary/aromatic N) is 2. The normalized spacial score (nSPS) is 12.9. The predicted octanol–water partition coefficient (Wildman–Crippen LogP) is 3.84. The van der Waals surface area contributed by atoms with Crippen LogP contribution in [-0.4, -0.2) is 70.4 Å². The number of aliphatic hydroxyl groups excluding tert-OH is 1. The van der Waals surface area contributed by atoms with Gasteiger partial charge in [-0.15, -0.1) is 0 Å². The van der Waals surface area contributed by atoms with E-state index in [2.05, 4.69) is 0 Å². The van der Waals surface area contributed by atoms with E-state index in [1.807, 2.05) is 86.6 Å². The first-order valence-corrected chi connectivity index (χ1v) is 14.2. The fourth-order valence-electron chi connectivity index (χ4n) is 4.37. The molecule has 3 aromatic carbocycles. The molecule has 0 fully saturated rings. The molecule has 3 rings (SSSR count). The minimum absolute atomic E-state index is 0.167. The molecule has 0 radical (unpaired) electrons. The van der Waals surface area contributed by atoms with Gasteiger partial charge in [0.25, 0.3) is 0 Å². The van der Waals surface area contributed by atoms with Gasteiger partial charge in [0.15, 0.2) is 0 Å². The highest BCUT2D eigenvalue weighted by molar-refractivity contribution is 5.95. The number of rotatable bonds is 11. The van der Waals surface area contributed by atoms with Crippen molar-refractivity contribution >= 4 is 28.5 Å². The summed E-state index contributed by atoms with van der Waals surface area (Å²) in [7, 11) is 3.17. The van der Waals surface area contributed by atoms with Crippen LogP contribution in [0.25, 0.3) is 10.8 Å². The topological polar surface area (TPSA) is 130 Å². The van der Waals surface area contributed by atoms with Crippen molar-refractivity contribution in [1.82, 2.24) is 9.80 Å². The molecule has 0 aliphatic carbocycles. The summed E-state index contributed by atoms with van der Waals surface area (Å²) >= 11 is 0. The van der Waals surface area contributed by atoms with Gasteiger partial charge < -0.3 is 26.4 Å². The number of hydrogen-bond acceptors (Lipinski definition) is 5. The Bertz CT molecular complexity index is 1350. The standard InChI is InChI=1S/C31H38N4O3.C3H8O/c1-31(2,33)18-10-15-28(36)34(3)27(21-23-16-17-24-13-8-9-14-25(24)19-23)30(38)35(4)26(29(32)37)20-22-11-6-5-7-12-22;1-3(2)4/h5-17,19,26-27H,18,20-21,33H2,1-4H3,(H2,32,37);3-4H,1-2H3/b15-10+;/t26-,27-;/m1./s1. The Morgan fingerprint density at radius 3 is 1.95 bits per heavy atom. The highest BCUT2D eigenvalue weighted by Crippen LogP contribution is 2.20. The fraction of sp³-hybridized carbons (Fsp3) is 0.382. The Kier molecular flexibility index (Phi) is 12.9. The molecule has 2 atom stereocenters. The Balaban J connectivity index is 0.00000144. The number of amides is 3. The SMILES string of the molecule is CC(C)O.CN(C(=O)/C=C/CC(C)(C)N)[C@H](Cc1ccc2ccccc2c1)C(=O)N(C)[C@H](Cc1ccccc1)C(N)=O. The van der Waals surface area contributed by atoms with E-state index >= 15 is 0 Å². The number of nitrogens with two attached hydrogens (primary N) is 2. The highest BCUT2D eigenvalue weighted by Gasteiger charge is 2.34. The van der Waals surface area contributed by atoms with Crippen LogP contribution in [0.15, 0.2) is 84.9 Å². The number of hydrogen-bond donors (Lipinski definition) is 3. The van der Waals surface area contributed by atoms with Crippen molar-refractivity contribution in [3.8, 4) is 0 Å². The first kappa shape index (κ1) is 34.2. The zero-order valence-electron chi connectivity index (χ0n) is 25.7. The zero-order valence-corrected chi connectivity index (χ0v) is 25.7. The summed E-state index contributed by atoms with van der Waals surface area (Å²) in [6.07, 6.45) is 4.08. The lowest BCUT2D eigenvalue weighted by Crippen LogP contribution is -2.55. The number of primary amides is 1. The molecule has 8 nitrogen and oxygen atoms in total. The number of fused-ring (bicyclic) bond motifs is 1. The number of likely N-dealkylation sites (N-methyl/N-ethyl adjacent to an activating group) is 2. The molecule has 0 spiro atoms. The quantitative estimate of drug-likeness (QED) is 0.300. The second kappa shape index (κ2) is 15.8. The fourth-order valence-corrected chi connectivity index (χ4v) is 4.37. The Morgan fingerprint density at radius 2 is 1.38 bits per heavy atom. The molecule has 0 bridgehead atoms. The van der Waals surface area contributed by atoms with Crippen molar-refractivity contribution < 1.29 is 19.5 Å². The molecule has 0 unspecified atom stereocenters. The maximum atomic E-state index is 13.9. The van der Waals surface area contributed by atoms with Crippen LogP contribution in [-0.2, 0) is 27.2 Å². The van der Waals surface area contributed by atoms with Crippen LogP contribution in [0.3, 0.4) is 0 Å². The number of carbonyl (C=O) groups excluding carboxylic acids is 3. The molecule has 0 saturated heterocycles. The van der Waals surface area contributed by atoms with E-state index in [-0.39, 0.29) is 30.8 Å². The van der Waals surface area contributed by atoms with Crippen LogP contribution >= 0.6 is 0 Å². The second-order valence-corrected chi connectivity index (χ2v) is 11.6. The van der Waals surface area contributed by atoms with Crippen molar-refractivity contribution in [2.45, 2.75) is 70.7 Å².